The second kappa shape index (κ2) is 11.4. The van der Waals surface area contributed by atoms with Crippen molar-refractivity contribution in [1.82, 2.24) is 29.4 Å². The van der Waals surface area contributed by atoms with Crippen molar-refractivity contribution in [2.75, 3.05) is 63.6 Å². The molecule has 14 nitrogen and oxygen atoms in total. The number of rotatable bonds is 5. The van der Waals surface area contributed by atoms with Crippen molar-refractivity contribution in [3.63, 3.8) is 0 Å². The summed E-state index contributed by atoms with van der Waals surface area (Å²) in [6, 6.07) is 8.19. The first-order valence-corrected chi connectivity index (χ1v) is 14.9. The number of aromatic nitrogens is 4. The highest BCUT2D eigenvalue weighted by Crippen LogP contribution is 2.36. The van der Waals surface area contributed by atoms with Crippen LogP contribution in [0.3, 0.4) is 0 Å². The van der Waals surface area contributed by atoms with E-state index in [1.54, 1.807) is 15.6 Å². The van der Waals surface area contributed by atoms with Crippen LogP contribution in [0.25, 0.3) is 32.5 Å². The molecule has 2 saturated heterocycles. The molecule has 0 saturated carbocycles. The molecular formula is C23H28N8O6S2. The number of thiophene rings is 1. The summed E-state index contributed by atoms with van der Waals surface area (Å²) in [6.07, 6.45) is 3.10. The zero-order valence-electron chi connectivity index (χ0n) is 21.2. The number of nitrogens with one attached hydrogen (secondary N) is 1. The van der Waals surface area contributed by atoms with E-state index >= 15 is 0 Å². The van der Waals surface area contributed by atoms with Crippen LogP contribution in [-0.4, -0.2) is 107 Å². The van der Waals surface area contributed by atoms with E-state index in [-0.39, 0.29) is 0 Å². The molecule has 0 radical (unpaired) electrons. The average molecular weight is 577 g/mol. The Balaban J connectivity index is 0.000000723. The van der Waals surface area contributed by atoms with Gasteiger partial charge >= 0.3 is 0 Å². The second-order valence-electron chi connectivity index (χ2n) is 9.21. The number of anilines is 1. The van der Waals surface area contributed by atoms with Crippen molar-refractivity contribution in [3.05, 3.63) is 45.5 Å². The number of hydrogen-bond acceptors (Lipinski definition) is 11. The summed E-state index contributed by atoms with van der Waals surface area (Å²) in [5.74, 6) is 1.64. The number of sulfonamides is 1. The van der Waals surface area contributed by atoms with Crippen LogP contribution in [-0.2, 0) is 21.3 Å². The first-order chi connectivity index (χ1) is 18.7. The topological polar surface area (TPSA) is 171 Å². The molecule has 4 aromatic rings. The highest BCUT2D eigenvalue weighted by atomic mass is 32.2. The minimum absolute atomic E-state index is 0.529. The number of piperazine rings is 1. The van der Waals surface area contributed by atoms with Crippen molar-refractivity contribution >= 4 is 48.3 Å². The molecule has 6 rings (SSSR count). The zero-order chi connectivity index (χ0) is 27.6. The fraction of sp³-hybridized carbons (Fsp3) is 0.435. The Kier molecular flexibility index (Phi) is 7.90. The second-order valence-corrected chi connectivity index (χ2v) is 12.3. The van der Waals surface area contributed by atoms with E-state index in [1.807, 2.05) is 24.4 Å². The highest BCUT2D eigenvalue weighted by molar-refractivity contribution is 7.88. The summed E-state index contributed by atoms with van der Waals surface area (Å²) in [7, 11) is -3.13. The van der Waals surface area contributed by atoms with Gasteiger partial charge in [-0.05, 0) is 12.1 Å². The Bertz CT molecular complexity index is 1570. The van der Waals surface area contributed by atoms with Gasteiger partial charge in [-0.2, -0.15) is 9.40 Å². The zero-order valence-corrected chi connectivity index (χ0v) is 22.8. The molecule has 1 aromatic carbocycles. The van der Waals surface area contributed by atoms with E-state index in [0.29, 0.717) is 32.1 Å². The van der Waals surface area contributed by atoms with E-state index in [1.165, 1.54) is 11.1 Å². The SMILES string of the molecule is CS(=O)(=O)N1CCN(Cc2cc3nc(-c4cccc5[nH]ncc45)nc(N4CCOCC4)c3s2)CC1.O=[N+]([O-])O. The molecule has 2 fully saturated rings. The number of fused-ring (bicyclic) bond motifs is 2. The van der Waals surface area contributed by atoms with Crippen LogP contribution in [0.2, 0.25) is 0 Å². The van der Waals surface area contributed by atoms with Gasteiger partial charge in [-0.15, -0.1) is 21.5 Å². The van der Waals surface area contributed by atoms with Crippen molar-refractivity contribution in [2.24, 2.45) is 0 Å². The van der Waals surface area contributed by atoms with Crippen LogP contribution in [0, 0.1) is 10.1 Å². The van der Waals surface area contributed by atoms with E-state index in [2.05, 4.69) is 26.1 Å². The summed E-state index contributed by atoms with van der Waals surface area (Å²) in [5.41, 5.74) is 2.85. The molecule has 5 heterocycles. The number of nitrogens with zero attached hydrogens (tertiary/aromatic N) is 7. The third kappa shape index (κ3) is 6.25. The van der Waals surface area contributed by atoms with Crippen LogP contribution < -0.4 is 4.90 Å². The van der Waals surface area contributed by atoms with Gasteiger partial charge in [-0.1, -0.05) is 12.1 Å². The van der Waals surface area contributed by atoms with Crippen molar-refractivity contribution in [3.8, 4) is 11.4 Å². The molecule has 0 unspecified atom stereocenters. The van der Waals surface area contributed by atoms with Crippen molar-refractivity contribution < 1.29 is 23.4 Å². The van der Waals surface area contributed by atoms with E-state index in [0.717, 1.165) is 65.2 Å². The van der Waals surface area contributed by atoms with Gasteiger partial charge < -0.3 is 14.8 Å². The maximum atomic E-state index is 11.8. The molecule has 0 amide bonds. The lowest BCUT2D eigenvalue weighted by molar-refractivity contribution is -0.742. The molecule has 2 aliphatic rings. The molecule has 0 bridgehead atoms. The Morgan fingerprint density at radius 2 is 1.87 bits per heavy atom. The highest BCUT2D eigenvalue weighted by Gasteiger charge is 2.25. The third-order valence-electron chi connectivity index (χ3n) is 6.62. The summed E-state index contributed by atoms with van der Waals surface area (Å²) in [4.78, 5) is 24.2. The predicted molar refractivity (Wildman–Crippen MR) is 146 cm³/mol. The van der Waals surface area contributed by atoms with Crippen molar-refractivity contribution in [2.45, 2.75) is 6.54 Å². The van der Waals surface area contributed by atoms with Crippen LogP contribution in [0.1, 0.15) is 4.88 Å². The first-order valence-electron chi connectivity index (χ1n) is 12.3. The molecule has 0 aliphatic carbocycles. The number of hydrogen-bond donors (Lipinski definition) is 2. The maximum absolute atomic E-state index is 11.8. The van der Waals surface area contributed by atoms with Gasteiger partial charge in [0, 0.05) is 61.6 Å². The van der Waals surface area contributed by atoms with Crippen LogP contribution >= 0.6 is 11.3 Å². The van der Waals surface area contributed by atoms with Gasteiger partial charge in [-0.3, -0.25) is 10.00 Å². The molecule has 0 spiro atoms. The fourth-order valence-corrected chi connectivity index (χ4v) is 6.74. The lowest BCUT2D eigenvalue weighted by Crippen LogP contribution is -2.47. The number of aromatic amines is 1. The first kappa shape index (κ1) is 27.1. The summed E-state index contributed by atoms with van der Waals surface area (Å²) < 4.78 is 31.9. The number of morpholine rings is 1. The molecule has 0 atom stereocenters. The van der Waals surface area contributed by atoms with Crippen LogP contribution in [0.15, 0.2) is 30.5 Å². The lowest BCUT2D eigenvalue weighted by Gasteiger charge is -2.32. The smallest absolute Gasteiger partial charge is 0.291 e. The van der Waals surface area contributed by atoms with Gasteiger partial charge in [0.2, 0.25) is 10.0 Å². The standard InChI is InChI=1S/C23H27N7O3S2.HNO3/c1-35(31,32)30-7-5-28(6-8-30)15-16-13-20-21(34-16)23(29-9-11-33-12-10-29)26-22(25-20)17-3-2-4-19-18(17)14-24-27-19;2-1(3)4/h2-4,13-14H,5-12,15H2,1H3,(H,24,27);(H,2,3,4). The fourth-order valence-electron chi connectivity index (χ4n) is 4.75. The normalized spacial score (nSPS) is 17.3. The average Bonchev–Trinajstić information content (AvgIpc) is 3.54. The summed E-state index contributed by atoms with van der Waals surface area (Å²) >= 11 is 1.73. The molecular weight excluding hydrogens is 548 g/mol. The van der Waals surface area contributed by atoms with E-state index in [9.17, 15) is 8.42 Å². The molecule has 208 valence electrons. The minimum Gasteiger partial charge on any atom is -0.378 e. The molecule has 3 aromatic heterocycles. The van der Waals surface area contributed by atoms with Gasteiger partial charge in [-0.25, -0.2) is 18.4 Å². The van der Waals surface area contributed by atoms with Gasteiger partial charge in [0.25, 0.3) is 5.09 Å². The van der Waals surface area contributed by atoms with E-state index < -0.39 is 15.1 Å². The van der Waals surface area contributed by atoms with Crippen molar-refractivity contribution in [1.29, 1.82) is 0 Å². The monoisotopic (exact) mass is 576 g/mol. The quantitative estimate of drug-likeness (QED) is 0.262. The molecule has 2 N–H and O–H groups in total. The van der Waals surface area contributed by atoms with Crippen LogP contribution in [0.4, 0.5) is 5.82 Å². The minimum atomic E-state index is -3.13. The Labute approximate surface area is 228 Å². The largest absolute Gasteiger partial charge is 0.378 e. The predicted octanol–water partition coefficient (Wildman–Crippen LogP) is 1.80. The molecule has 2 aliphatic heterocycles. The molecule has 39 heavy (non-hydrogen) atoms. The lowest BCUT2D eigenvalue weighted by atomic mass is 10.1. The Morgan fingerprint density at radius 3 is 2.56 bits per heavy atom. The Morgan fingerprint density at radius 1 is 1.15 bits per heavy atom. The van der Waals surface area contributed by atoms with Crippen LogP contribution in [0.5, 0.6) is 0 Å². The van der Waals surface area contributed by atoms with Gasteiger partial charge in [0.15, 0.2) is 11.6 Å². The summed E-state index contributed by atoms with van der Waals surface area (Å²) in [6.45, 7) is 6.22. The number of ether oxygens (including phenoxy) is 1. The number of H-pyrrole nitrogens is 1. The van der Waals surface area contributed by atoms with Gasteiger partial charge in [0.1, 0.15) is 0 Å². The third-order valence-corrected chi connectivity index (χ3v) is 9.03. The Hall–Kier alpha value is -3.44. The maximum Gasteiger partial charge on any atom is 0.291 e. The van der Waals surface area contributed by atoms with E-state index in [4.69, 9.17) is 30.0 Å². The number of benzene rings is 1. The summed E-state index contributed by atoms with van der Waals surface area (Å²) in [5, 5.41) is 21.9. The van der Waals surface area contributed by atoms with Gasteiger partial charge in [0.05, 0.1) is 41.4 Å². The molecule has 16 heteroatoms.